The largest absolute Gasteiger partial charge is 0.508 e. The first-order valence-corrected chi connectivity index (χ1v) is 6.00. The monoisotopic (exact) mass is 259 g/mol. The van der Waals surface area contributed by atoms with Crippen LogP contribution in [0.2, 0.25) is 5.02 Å². The lowest BCUT2D eigenvalue weighted by molar-refractivity contribution is -0.136. The van der Waals surface area contributed by atoms with Gasteiger partial charge in [0, 0.05) is 17.1 Å². The number of carbonyl (C=O) groups is 1. The van der Waals surface area contributed by atoms with Crippen molar-refractivity contribution in [3.8, 4) is 5.75 Å². The standard InChI is InChI=1S/C10H10ClNO3S/c11-5-1-2-7(13)6(3-5)9-12-4-8(16-9)10(14)15/h1-3,8-9,12-13H,4H2,(H,14,15)/t8-,9-/m0/s1. The summed E-state index contributed by atoms with van der Waals surface area (Å²) in [6, 6.07) is 4.74. The lowest BCUT2D eigenvalue weighted by Crippen LogP contribution is -2.21. The molecule has 1 aromatic rings. The van der Waals surface area contributed by atoms with Gasteiger partial charge in [-0.3, -0.25) is 10.1 Å². The maximum absolute atomic E-state index is 10.8. The molecule has 1 aliphatic rings. The molecule has 0 amide bonds. The number of carboxylic acid groups (broad SMARTS) is 1. The lowest BCUT2D eigenvalue weighted by Gasteiger charge is -2.12. The molecule has 1 aromatic carbocycles. The van der Waals surface area contributed by atoms with Gasteiger partial charge in [0.25, 0.3) is 0 Å². The zero-order valence-electron chi connectivity index (χ0n) is 8.18. The van der Waals surface area contributed by atoms with Gasteiger partial charge >= 0.3 is 5.97 Å². The molecule has 0 radical (unpaired) electrons. The molecule has 0 spiro atoms. The van der Waals surface area contributed by atoms with Crippen LogP contribution in [0.4, 0.5) is 0 Å². The van der Waals surface area contributed by atoms with Crippen molar-refractivity contribution in [1.29, 1.82) is 0 Å². The number of carboxylic acids is 1. The van der Waals surface area contributed by atoms with Crippen LogP contribution in [0.1, 0.15) is 10.9 Å². The average Bonchev–Trinajstić information content (AvgIpc) is 2.70. The van der Waals surface area contributed by atoms with E-state index in [4.69, 9.17) is 16.7 Å². The second-order valence-corrected chi connectivity index (χ2v) is 5.20. The number of phenols is 1. The maximum Gasteiger partial charge on any atom is 0.318 e. The number of benzene rings is 1. The number of aliphatic carboxylic acids is 1. The highest BCUT2D eigenvalue weighted by Crippen LogP contribution is 2.39. The lowest BCUT2D eigenvalue weighted by atomic mass is 10.2. The molecule has 2 atom stereocenters. The molecule has 1 saturated heterocycles. The summed E-state index contributed by atoms with van der Waals surface area (Å²) in [4.78, 5) is 10.8. The molecule has 16 heavy (non-hydrogen) atoms. The minimum absolute atomic E-state index is 0.125. The van der Waals surface area contributed by atoms with Crippen molar-refractivity contribution in [2.75, 3.05) is 6.54 Å². The predicted molar refractivity (Wildman–Crippen MR) is 62.9 cm³/mol. The molecule has 0 saturated carbocycles. The molecule has 1 fully saturated rings. The van der Waals surface area contributed by atoms with Gasteiger partial charge in [-0.15, -0.1) is 11.8 Å². The topological polar surface area (TPSA) is 69.6 Å². The first-order valence-electron chi connectivity index (χ1n) is 4.68. The highest BCUT2D eigenvalue weighted by atomic mass is 35.5. The van der Waals surface area contributed by atoms with Crippen LogP contribution in [0.3, 0.4) is 0 Å². The molecule has 86 valence electrons. The number of hydrogen-bond donors (Lipinski definition) is 3. The number of nitrogens with one attached hydrogen (secondary N) is 1. The average molecular weight is 260 g/mol. The fourth-order valence-electron chi connectivity index (χ4n) is 1.54. The Kier molecular flexibility index (Phi) is 3.28. The molecule has 3 N–H and O–H groups in total. The highest BCUT2D eigenvalue weighted by molar-refractivity contribution is 8.01. The summed E-state index contributed by atoms with van der Waals surface area (Å²) in [5.41, 5.74) is 0.626. The summed E-state index contributed by atoms with van der Waals surface area (Å²) in [5.74, 6) is -0.720. The van der Waals surface area contributed by atoms with Crippen LogP contribution >= 0.6 is 23.4 Å². The van der Waals surface area contributed by atoms with Gasteiger partial charge in [-0.25, -0.2) is 0 Å². The molecule has 1 heterocycles. The first-order chi connectivity index (χ1) is 7.58. The van der Waals surface area contributed by atoms with E-state index in [-0.39, 0.29) is 11.1 Å². The fraction of sp³-hybridized carbons (Fsp3) is 0.300. The summed E-state index contributed by atoms with van der Waals surface area (Å²) in [6.07, 6.45) is 0. The van der Waals surface area contributed by atoms with Gasteiger partial charge in [0.05, 0.1) is 5.37 Å². The van der Waals surface area contributed by atoms with Crippen molar-refractivity contribution in [3.05, 3.63) is 28.8 Å². The van der Waals surface area contributed by atoms with Gasteiger partial charge in [0.2, 0.25) is 0 Å². The summed E-state index contributed by atoms with van der Waals surface area (Å²) in [6.45, 7) is 0.386. The molecule has 6 heteroatoms. The van der Waals surface area contributed by atoms with Crippen LogP contribution in [0.15, 0.2) is 18.2 Å². The Morgan fingerprint density at radius 2 is 2.31 bits per heavy atom. The number of halogens is 1. The number of rotatable bonds is 2. The zero-order valence-corrected chi connectivity index (χ0v) is 9.76. The van der Waals surface area contributed by atoms with E-state index < -0.39 is 11.2 Å². The van der Waals surface area contributed by atoms with Crippen LogP contribution in [0.25, 0.3) is 0 Å². The third-order valence-electron chi connectivity index (χ3n) is 2.34. The summed E-state index contributed by atoms with van der Waals surface area (Å²) < 4.78 is 0. The molecule has 4 nitrogen and oxygen atoms in total. The quantitative estimate of drug-likeness (QED) is 0.756. The van der Waals surface area contributed by atoms with Gasteiger partial charge in [-0.05, 0) is 18.2 Å². The minimum atomic E-state index is -0.846. The molecular weight excluding hydrogens is 250 g/mol. The van der Waals surface area contributed by atoms with Crippen LogP contribution in [0.5, 0.6) is 5.75 Å². The predicted octanol–water partition coefficient (Wildman–Crippen LogP) is 1.83. The van der Waals surface area contributed by atoms with Crippen molar-refractivity contribution in [1.82, 2.24) is 5.32 Å². The van der Waals surface area contributed by atoms with Crippen molar-refractivity contribution < 1.29 is 15.0 Å². The third kappa shape index (κ3) is 2.26. The van der Waals surface area contributed by atoms with Crippen LogP contribution < -0.4 is 5.32 Å². The number of thioether (sulfide) groups is 1. The van der Waals surface area contributed by atoms with Crippen LogP contribution in [0, 0.1) is 0 Å². The van der Waals surface area contributed by atoms with Crippen LogP contribution in [-0.4, -0.2) is 28.0 Å². The Bertz CT molecular complexity index is 427. The molecule has 0 unspecified atom stereocenters. The molecular formula is C10H10ClNO3S. The minimum Gasteiger partial charge on any atom is -0.508 e. The molecule has 0 aromatic heterocycles. The fourth-order valence-corrected chi connectivity index (χ4v) is 2.88. The summed E-state index contributed by atoms with van der Waals surface area (Å²) in [7, 11) is 0. The second-order valence-electron chi connectivity index (χ2n) is 3.45. The summed E-state index contributed by atoms with van der Waals surface area (Å²) >= 11 is 7.10. The smallest absolute Gasteiger partial charge is 0.318 e. The van der Waals surface area contributed by atoms with Gasteiger partial charge in [0.15, 0.2) is 0 Å². The maximum atomic E-state index is 10.8. The van der Waals surface area contributed by atoms with E-state index >= 15 is 0 Å². The van der Waals surface area contributed by atoms with Gasteiger partial charge < -0.3 is 10.2 Å². The van der Waals surface area contributed by atoms with E-state index in [0.29, 0.717) is 17.1 Å². The van der Waals surface area contributed by atoms with E-state index in [1.165, 1.54) is 17.8 Å². The van der Waals surface area contributed by atoms with E-state index in [2.05, 4.69) is 5.32 Å². The van der Waals surface area contributed by atoms with E-state index in [1.54, 1.807) is 12.1 Å². The van der Waals surface area contributed by atoms with Gasteiger partial charge in [-0.2, -0.15) is 0 Å². The highest BCUT2D eigenvalue weighted by Gasteiger charge is 2.32. The SMILES string of the molecule is O=C(O)[C@@H]1CN[C@H](c2cc(Cl)ccc2O)S1. The molecule has 2 rings (SSSR count). The Labute approximate surface area is 102 Å². The third-order valence-corrected chi connectivity index (χ3v) is 3.96. The Balaban J connectivity index is 2.20. The van der Waals surface area contributed by atoms with Crippen molar-refractivity contribution in [2.45, 2.75) is 10.6 Å². The van der Waals surface area contributed by atoms with E-state index in [1.807, 2.05) is 0 Å². The number of aromatic hydroxyl groups is 1. The van der Waals surface area contributed by atoms with Crippen molar-refractivity contribution in [2.24, 2.45) is 0 Å². The van der Waals surface area contributed by atoms with E-state index in [9.17, 15) is 9.90 Å². The zero-order chi connectivity index (χ0) is 11.7. The Morgan fingerprint density at radius 1 is 1.56 bits per heavy atom. The number of hydrogen-bond acceptors (Lipinski definition) is 4. The second kappa shape index (κ2) is 4.53. The van der Waals surface area contributed by atoms with Crippen molar-refractivity contribution >= 4 is 29.3 Å². The summed E-state index contributed by atoms with van der Waals surface area (Å²) in [5, 5.41) is 21.4. The molecule has 0 bridgehead atoms. The molecule has 1 aliphatic heterocycles. The normalized spacial score (nSPS) is 24.6. The molecule has 0 aliphatic carbocycles. The Hall–Kier alpha value is -0.910. The first kappa shape index (κ1) is 11.6. The Morgan fingerprint density at radius 3 is 2.94 bits per heavy atom. The van der Waals surface area contributed by atoms with Crippen LogP contribution in [-0.2, 0) is 4.79 Å². The van der Waals surface area contributed by atoms with E-state index in [0.717, 1.165) is 0 Å². The van der Waals surface area contributed by atoms with Gasteiger partial charge in [-0.1, -0.05) is 11.6 Å². The van der Waals surface area contributed by atoms with Crippen molar-refractivity contribution in [3.63, 3.8) is 0 Å². The van der Waals surface area contributed by atoms with Gasteiger partial charge in [0.1, 0.15) is 11.0 Å². The number of phenolic OH excluding ortho intramolecular Hbond substituents is 1.